The van der Waals surface area contributed by atoms with Crippen LogP contribution in [0.4, 0.5) is 28.4 Å². The number of amides is 3. The van der Waals surface area contributed by atoms with Crippen LogP contribution < -0.4 is 82.4 Å². The number of carbonyl (C=O) groups is 3. The number of hydrogen-bond acceptors (Lipinski definition) is 9. The van der Waals surface area contributed by atoms with Gasteiger partial charge in [0.15, 0.2) is 11.5 Å². The number of para-hydroxylation sites is 4. The molecular formula is C42H43KN6O5S. The fourth-order valence-corrected chi connectivity index (χ4v) is 6.14. The molecule has 0 radical (unpaired) electrons. The summed E-state index contributed by atoms with van der Waals surface area (Å²) in [6.07, 6.45) is 6.18. The van der Waals surface area contributed by atoms with E-state index in [2.05, 4.69) is 15.4 Å². The first-order chi connectivity index (χ1) is 26.3. The van der Waals surface area contributed by atoms with Crippen molar-refractivity contribution in [2.24, 2.45) is 0 Å². The number of fused-ring (bicyclic) bond motifs is 1. The first-order valence-corrected chi connectivity index (χ1v) is 18.2. The molecule has 5 aromatic carbocycles. The number of imide groups is 1. The predicted molar refractivity (Wildman–Crippen MR) is 218 cm³/mol. The molecule has 13 heteroatoms. The number of nitrogen functional groups attached to an aromatic ring is 2. The molecule has 0 spiro atoms. The van der Waals surface area contributed by atoms with Crippen LogP contribution in [0.15, 0.2) is 126 Å². The second kappa shape index (κ2) is 22.0. The number of carbonyl (C=O) groups excluding carboxylic acids is 3. The number of unbranched alkanes of at least 4 members (excludes halogenated alkanes) is 2. The van der Waals surface area contributed by atoms with Gasteiger partial charge in [-0.1, -0.05) is 67.1 Å². The molecule has 0 saturated carbocycles. The maximum atomic E-state index is 12.2. The van der Waals surface area contributed by atoms with Gasteiger partial charge in [0.25, 0.3) is 11.8 Å². The van der Waals surface area contributed by atoms with Crippen molar-refractivity contribution in [2.75, 3.05) is 42.3 Å². The van der Waals surface area contributed by atoms with E-state index in [1.165, 1.54) is 16.8 Å². The van der Waals surface area contributed by atoms with Gasteiger partial charge in [-0.2, -0.15) is 6.20 Å². The fourth-order valence-electron chi connectivity index (χ4n) is 5.47. The number of nitrogens with zero attached hydrogens (tertiary/aromatic N) is 2. The molecule has 0 aromatic heterocycles. The van der Waals surface area contributed by atoms with Crippen LogP contribution in [-0.2, 0) is 4.79 Å². The Morgan fingerprint density at radius 2 is 1.40 bits per heavy atom. The number of methoxy groups -OCH3 is 2. The summed E-state index contributed by atoms with van der Waals surface area (Å²) in [7, 11) is 3.26. The molecule has 1 aliphatic rings. The topological polar surface area (TPSA) is 163 Å². The second-order valence-corrected chi connectivity index (χ2v) is 13.0. The van der Waals surface area contributed by atoms with Crippen LogP contribution in [0.3, 0.4) is 0 Å². The average molecular weight is 783 g/mol. The zero-order chi connectivity index (χ0) is 38.3. The number of rotatable bonds is 15. The molecule has 6 rings (SSSR count). The van der Waals surface area contributed by atoms with Gasteiger partial charge in [0.2, 0.25) is 5.91 Å². The van der Waals surface area contributed by atoms with E-state index < -0.39 is 0 Å². The van der Waals surface area contributed by atoms with Gasteiger partial charge in [0, 0.05) is 29.2 Å². The Morgan fingerprint density at radius 3 is 2.05 bits per heavy atom. The molecule has 0 unspecified atom stereocenters. The molecule has 0 aliphatic carbocycles. The van der Waals surface area contributed by atoms with Crippen LogP contribution in [0.1, 0.15) is 52.0 Å². The quantitative estimate of drug-likeness (QED) is 0.0321. The second-order valence-electron chi connectivity index (χ2n) is 12.1. The van der Waals surface area contributed by atoms with Crippen molar-refractivity contribution in [1.29, 1.82) is 0 Å². The summed E-state index contributed by atoms with van der Waals surface area (Å²) in [6.45, 7) is 0.375. The van der Waals surface area contributed by atoms with Crippen molar-refractivity contribution in [3.8, 4) is 11.5 Å². The zero-order valence-corrected chi connectivity index (χ0v) is 35.1. The Kier molecular flexibility index (Phi) is 17.2. The number of hydrogen-bond donors (Lipinski definition) is 4. The number of anilines is 4. The summed E-state index contributed by atoms with van der Waals surface area (Å²) in [6, 6.07) is 35.4. The van der Waals surface area contributed by atoms with E-state index in [1.807, 2.05) is 84.9 Å². The van der Waals surface area contributed by atoms with Crippen molar-refractivity contribution in [3.05, 3.63) is 143 Å². The molecule has 0 saturated heterocycles. The first kappa shape index (κ1) is 43.0. The summed E-state index contributed by atoms with van der Waals surface area (Å²) < 4.78 is 13.9. The van der Waals surface area contributed by atoms with E-state index in [9.17, 15) is 14.4 Å². The molecule has 5 aromatic rings. The largest absolute Gasteiger partial charge is 1.00 e. The minimum absolute atomic E-state index is 0. The standard InChI is InChI=1S/C22H22N3O2S.C20H21N3O3.K/c1-26-21-12-11-18(15-22(21)27-2)28-25-17-9-7-16(8-10-17)13-14-24-20-6-4-3-5-19(20)23;21-16-10-5-6-11-17(16)22-18(24)12-2-1-7-13-23-19(25)14-8-3-4-9-15(14)20(23)26;/h3-15,25H,23H2,1-2H3;3-6,8-11H,1-2,7,12-13,21H2,(H,22,24);/q-1;;+1/b14-13-;;. The van der Waals surface area contributed by atoms with Gasteiger partial charge in [0.1, 0.15) is 0 Å². The minimum atomic E-state index is -0.233. The molecule has 1 heterocycles. The van der Waals surface area contributed by atoms with Gasteiger partial charge in [-0.05, 0) is 91.0 Å². The number of benzene rings is 5. The zero-order valence-electron chi connectivity index (χ0n) is 31.2. The Labute approximate surface area is 368 Å². The van der Waals surface area contributed by atoms with Crippen LogP contribution in [0.5, 0.6) is 11.5 Å². The van der Waals surface area contributed by atoms with E-state index in [0.717, 1.165) is 28.3 Å². The summed E-state index contributed by atoms with van der Waals surface area (Å²) in [4.78, 5) is 38.8. The Hall–Kier alpha value is -4.76. The third-order valence-corrected chi connectivity index (χ3v) is 9.20. The van der Waals surface area contributed by atoms with Crippen LogP contribution >= 0.6 is 11.9 Å². The van der Waals surface area contributed by atoms with E-state index in [0.29, 0.717) is 65.5 Å². The molecule has 3 amide bonds. The van der Waals surface area contributed by atoms with E-state index in [4.69, 9.17) is 20.9 Å². The molecule has 0 fully saturated rings. The van der Waals surface area contributed by atoms with Gasteiger partial charge in [-0.25, -0.2) is 0 Å². The normalized spacial score (nSPS) is 11.6. The van der Waals surface area contributed by atoms with Gasteiger partial charge in [-0.15, -0.1) is 5.69 Å². The fraction of sp³-hybridized carbons (Fsp3) is 0.167. The molecule has 6 N–H and O–H groups in total. The maximum Gasteiger partial charge on any atom is 1.00 e. The van der Waals surface area contributed by atoms with E-state index in [-0.39, 0.29) is 69.1 Å². The Bertz CT molecular complexity index is 2060. The number of nitrogens with one attached hydrogen (secondary N) is 2. The molecule has 0 atom stereocenters. The van der Waals surface area contributed by atoms with Crippen LogP contribution in [0.25, 0.3) is 11.4 Å². The molecule has 278 valence electrons. The van der Waals surface area contributed by atoms with Crippen molar-refractivity contribution < 1.29 is 75.2 Å². The first-order valence-electron chi connectivity index (χ1n) is 17.3. The Balaban J connectivity index is 0.000000241. The SMILES string of the molecule is COc1ccc(SNc2ccc(/C=C\[N-]c3ccccc3N)cc2)cc1OC.Nc1ccccc1NC(=O)CCCCCN1C(=O)c2ccccc2C1=O.[K+]. The van der Waals surface area contributed by atoms with Gasteiger partial charge in [0.05, 0.1) is 36.7 Å². The molecule has 1 aliphatic heterocycles. The minimum Gasteiger partial charge on any atom is -0.662 e. The van der Waals surface area contributed by atoms with Crippen molar-refractivity contribution in [3.63, 3.8) is 0 Å². The number of nitrogens with two attached hydrogens (primary N) is 2. The van der Waals surface area contributed by atoms with Crippen molar-refractivity contribution in [2.45, 2.75) is 30.6 Å². The molecule has 0 bridgehead atoms. The smallest absolute Gasteiger partial charge is 0.662 e. The molecular weight excluding hydrogens is 740 g/mol. The summed E-state index contributed by atoms with van der Waals surface area (Å²) in [5, 5.41) is 7.17. The van der Waals surface area contributed by atoms with Gasteiger partial charge in [-0.3, -0.25) is 19.3 Å². The van der Waals surface area contributed by atoms with Crippen LogP contribution in [0, 0.1) is 0 Å². The predicted octanol–water partition coefficient (Wildman–Crippen LogP) is 6.15. The third-order valence-electron chi connectivity index (χ3n) is 8.37. The summed E-state index contributed by atoms with van der Waals surface area (Å²) >= 11 is 1.51. The van der Waals surface area contributed by atoms with Gasteiger partial charge >= 0.3 is 51.4 Å². The molecule has 55 heavy (non-hydrogen) atoms. The summed E-state index contributed by atoms with van der Waals surface area (Å²) in [5.41, 5.74) is 17.3. The number of ether oxygens (including phenoxy) is 2. The monoisotopic (exact) mass is 782 g/mol. The van der Waals surface area contributed by atoms with Crippen molar-refractivity contribution >= 4 is 64.2 Å². The van der Waals surface area contributed by atoms with Gasteiger partial charge < -0.3 is 36.3 Å². The maximum absolute atomic E-state index is 12.2. The average Bonchev–Trinajstić information content (AvgIpc) is 3.44. The van der Waals surface area contributed by atoms with Crippen LogP contribution in [-0.4, -0.2) is 43.4 Å². The van der Waals surface area contributed by atoms with E-state index >= 15 is 0 Å². The Morgan fingerprint density at radius 1 is 0.764 bits per heavy atom. The summed E-state index contributed by atoms with van der Waals surface area (Å²) in [5.74, 6) is 0.859. The van der Waals surface area contributed by atoms with Crippen molar-refractivity contribution in [1.82, 2.24) is 4.90 Å². The van der Waals surface area contributed by atoms with E-state index in [1.54, 1.807) is 56.8 Å². The van der Waals surface area contributed by atoms with Crippen LogP contribution in [0.2, 0.25) is 0 Å². The third kappa shape index (κ3) is 12.4. The molecule has 11 nitrogen and oxygen atoms in total.